The lowest BCUT2D eigenvalue weighted by molar-refractivity contribution is 0.0779. The molecule has 136 valence electrons. The highest BCUT2D eigenvalue weighted by molar-refractivity contribution is 5.96. The maximum atomic E-state index is 12.6. The molecule has 1 heterocycles. The van der Waals surface area contributed by atoms with E-state index in [2.05, 4.69) is 10.3 Å². The molecule has 1 N–H and O–H groups in total. The third kappa shape index (κ3) is 5.01. The Balaban J connectivity index is 1.65. The standard InChI is InChI=1S/C22H21N3O2/c1-25(16-18-11-6-3-7-12-18)22(27)20-14-8-13-19(24-20)21(26)23-15-17-9-4-2-5-10-17/h2-14H,15-16H2,1H3,(H,23,26). The Hall–Kier alpha value is -3.47. The molecule has 0 spiro atoms. The van der Waals surface area contributed by atoms with Gasteiger partial charge in [0.25, 0.3) is 11.8 Å². The van der Waals surface area contributed by atoms with E-state index in [0.29, 0.717) is 13.1 Å². The van der Waals surface area contributed by atoms with Gasteiger partial charge in [-0.25, -0.2) is 4.98 Å². The number of hydrogen-bond donors (Lipinski definition) is 1. The Labute approximate surface area is 158 Å². The largest absolute Gasteiger partial charge is 0.347 e. The van der Waals surface area contributed by atoms with E-state index >= 15 is 0 Å². The molecule has 1 aromatic heterocycles. The van der Waals surface area contributed by atoms with Crippen molar-refractivity contribution in [3.63, 3.8) is 0 Å². The molecule has 0 aliphatic heterocycles. The normalized spacial score (nSPS) is 10.3. The molecule has 0 saturated carbocycles. The molecule has 27 heavy (non-hydrogen) atoms. The summed E-state index contributed by atoms with van der Waals surface area (Å²) in [6.07, 6.45) is 0. The summed E-state index contributed by atoms with van der Waals surface area (Å²) in [6.45, 7) is 0.888. The lowest BCUT2D eigenvalue weighted by Gasteiger charge is -2.17. The Morgan fingerprint density at radius 1 is 0.815 bits per heavy atom. The molecule has 5 nitrogen and oxygen atoms in total. The zero-order valence-corrected chi connectivity index (χ0v) is 15.1. The van der Waals surface area contributed by atoms with Crippen LogP contribution in [0, 0.1) is 0 Å². The summed E-state index contributed by atoms with van der Waals surface area (Å²) in [4.78, 5) is 30.8. The van der Waals surface area contributed by atoms with E-state index in [4.69, 9.17) is 0 Å². The molecule has 0 saturated heterocycles. The van der Waals surface area contributed by atoms with Gasteiger partial charge in [-0.1, -0.05) is 66.7 Å². The average Bonchev–Trinajstić information content (AvgIpc) is 2.73. The van der Waals surface area contributed by atoms with Gasteiger partial charge in [0.1, 0.15) is 11.4 Å². The van der Waals surface area contributed by atoms with E-state index < -0.39 is 0 Å². The molecule has 0 aliphatic carbocycles. The SMILES string of the molecule is CN(Cc1ccccc1)C(=O)c1cccc(C(=O)NCc2ccccc2)n1. The van der Waals surface area contributed by atoms with E-state index in [1.807, 2.05) is 60.7 Å². The van der Waals surface area contributed by atoms with Gasteiger partial charge < -0.3 is 10.2 Å². The van der Waals surface area contributed by atoms with Crippen molar-refractivity contribution in [3.05, 3.63) is 101 Å². The smallest absolute Gasteiger partial charge is 0.272 e. The van der Waals surface area contributed by atoms with Crippen molar-refractivity contribution in [2.24, 2.45) is 0 Å². The number of amides is 2. The van der Waals surface area contributed by atoms with Crippen molar-refractivity contribution < 1.29 is 9.59 Å². The van der Waals surface area contributed by atoms with Crippen LogP contribution in [0.15, 0.2) is 78.9 Å². The summed E-state index contributed by atoms with van der Waals surface area (Å²) >= 11 is 0. The van der Waals surface area contributed by atoms with Gasteiger partial charge in [0.15, 0.2) is 0 Å². The first-order valence-corrected chi connectivity index (χ1v) is 8.72. The van der Waals surface area contributed by atoms with Gasteiger partial charge in [-0.2, -0.15) is 0 Å². The van der Waals surface area contributed by atoms with Gasteiger partial charge in [-0.3, -0.25) is 9.59 Å². The first-order valence-electron chi connectivity index (χ1n) is 8.72. The molecule has 0 unspecified atom stereocenters. The molecule has 2 aromatic carbocycles. The topological polar surface area (TPSA) is 62.3 Å². The number of carbonyl (C=O) groups is 2. The zero-order valence-electron chi connectivity index (χ0n) is 15.1. The number of hydrogen-bond acceptors (Lipinski definition) is 3. The van der Waals surface area contributed by atoms with Crippen molar-refractivity contribution >= 4 is 11.8 Å². The number of carbonyl (C=O) groups excluding carboxylic acids is 2. The molecular weight excluding hydrogens is 338 g/mol. The van der Waals surface area contributed by atoms with Gasteiger partial charge in [0, 0.05) is 20.1 Å². The zero-order chi connectivity index (χ0) is 19.1. The highest BCUT2D eigenvalue weighted by atomic mass is 16.2. The summed E-state index contributed by atoms with van der Waals surface area (Å²) in [5.41, 5.74) is 2.51. The van der Waals surface area contributed by atoms with Gasteiger partial charge in [-0.15, -0.1) is 0 Å². The maximum Gasteiger partial charge on any atom is 0.272 e. The van der Waals surface area contributed by atoms with Crippen LogP contribution < -0.4 is 5.32 Å². The summed E-state index contributed by atoms with van der Waals surface area (Å²) < 4.78 is 0. The van der Waals surface area contributed by atoms with Gasteiger partial charge in [0.05, 0.1) is 0 Å². The fourth-order valence-electron chi connectivity index (χ4n) is 2.67. The molecule has 0 bridgehead atoms. The van der Waals surface area contributed by atoms with Crippen LogP contribution in [0.1, 0.15) is 32.1 Å². The summed E-state index contributed by atoms with van der Waals surface area (Å²) in [7, 11) is 1.72. The van der Waals surface area contributed by atoms with Crippen LogP contribution in [-0.4, -0.2) is 28.7 Å². The summed E-state index contributed by atoms with van der Waals surface area (Å²) in [6, 6.07) is 24.3. The predicted molar refractivity (Wildman–Crippen MR) is 104 cm³/mol. The van der Waals surface area contributed by atoms with Crippen molar-refractivity contribution in [3.8, 4) is 0 Å². The second-order valence-electron chi connectivity index (χ2n) is 6.22. The number of benzene rings is 2. The van der Waals surface area contributed by atoms with Crippen molar-refractivity contribution in [2.75, 3.05) is 7.05 Å². The first-order chi connectivity index (χ1) is 13.1. The van der Waals surface area contributed by atoms with E-state index in [9.17, 15) is 9.59 Å². The Morgan fingerprint density at radius 2 is 1.41 bits per heavy atom. The van der Waals surface area contributed by atoms with Crippen LogP contribution in [0.25, 0.3) is 0 Å². The Bertz CT molecular complexity index is 911. The lowest BCUT2D eigenvalue weighted by atomic mass is 10.2. The third-order valence-corrected chi connectivity index (χ3v) is 4.11. The van der Waals surface area contributed by atoms with Crippen molar-refractivity contribution in [2.45, 2.75) is 13.1 Å². The maximum absolute atomic E-state index is 12.6. The monoisotopic (exact) mass is 359 g/mol. The summed E-state index contributed by atoms with van der Waals surface area (Å²) in [5, 5.41) is 2.82. The fraction of sp³-hybridized carbons (Fsp3) is 0.136. The fourth-order valence-corrected chi connectivity index (χ4v) is 2.67. The second kappa shape index (κ2) is 8.76. The second-order valence-corrected chi connectivity index (χ2v) is 6.22. The minimum atomic E-state index is -0.306. The number of aromatic nitrogens is 1. The van der Waals surface area contributed by atoms with E-state index in [0.717, 1.165) is 11.1 Å². The molecule has 3 aromatic rings. The average molecular weight is 359 g/mol. The molecule has 0 fully saturated rings. The van der Waals surface area contributed by atoms with Crippen LogP contribution in [-0.2, 0) is 13.1 Å². The minimum Gasteiger partial charge on any atom is -0.347 e. The minimum absolute atomic E-state index is 0.225. The summed E-state index contributed by atoms with van der Waals surface area (Å²) in [5.74, 6) is -0.532. The molecule has 0 radical (unpaired) electrons. The molecule has 2 amide bonds. The highest BCUT2D eigenvalue weighted by Gasteiger charge is 2.16. The Morgan fingerprint density at radius 3 is 2.07 bits per heavy atom. The highest BCUT2D eigenvalue weighted by Crippen LogP contribution is 2.08. The molecule has 5 heteroatoms. The predicted octanol–water partition coefficient (Wildman–Crippen LogP) is 3.28. The number of nitrogens with one attached hydrogen (secondary N) is 1. The third-order valence-electron chi connectivity index (χ3n) is 4.11. The lowest BCUT2D eigenvalue weighted by Crippen LogP contribution is -2.29. The van der Waals surface area contributed by atoms with Crippen LogP contribution >= 0.6 is 0 Å². The van der Waals surface area contributed by atoms with Crippen LogP contribution in [0.4, 0.5) is 0 Å². The van der Waals surface area contributed by atoms with Crippen molar-refractivity contribution in [1.29, 1.82) is 0 Å². The van der Waals surface area contributed by atoms with Crippen LogP contribution in [0.2, 0.25) is 0 Å². The molecular formula is C22H21N3O2. The van der Waals surface area contributed by atoms with Gasteiger partial charge in [0.2, 0.25) is 0 Å². The molecule has 0 atom stereocenters. The molecule has 3 rings (SSSR count). The van der Waals surface area contributed by atoms with Crippen molar-refractivity contribution in [1.82, 2.24) is 15.2 Å². The number of pyridine rings is 1. The van der Waals surface area contributed by atoms with Gasteiger partial charge in [-0.05, 0) is 23.3 Å². The number of rotatable bonds is 6. The first kappa shape index (κ1) is 18.3. The number of nitrogens with zero attached hydrogens (tertiary/aromatic N) is 2. The Kier molecular flexibility index (Phi) is 5.94. The van der Waals surface area contributed by atoms with Gasteiger partial charge >= 0.3 is 0 Å². The van der Waals surface area contributed by atoms with E-state index in [1.165, 1.54) is 0 Å². The van der Waals surface area contributed by atoms with Crippen LogP contribution in [0.5, 0.6) is 0 Å². The van der Waals surface area contributed by atoms with Crippen LogP contribution in [0.3, 0.4) is 0 Å². The quantitative estimate of drug-likeness (QED) is 0.735. The van der Waals surface area contributed by atoms with E-state index in [1.54, 1.807) is 30.1 Å². The molecule has 0 aliphatic rings. The van der Waals surface area contributed by atoms with E-state index in [-0.39, 0.29) is 23.2 Å².